The van der Waals surface area contributed by atoms with Gasteiger partial charge >= 0.3 is 0 Å². The molecule has 0 unspecified atom stereocenters. The molecule has 0 aliphatic rings. The Labute approximate surface area is 122 Å². The van der Waals surface area contributed by atoms with Crippen molar-refractivity contribution in [2.75, 3.05) is 0 Å². The van der Waals surface area contributed by atoms with Crippen LogP contribution in [0.2, 0.25) is 0 Å². The van der Waals surface area contributed by atoms with Gasteiger partial charge in [-0.2, -0.15) is 0 Å². The molecule has 0 heterocycles. The molecule has 0 radical (unpaired) electrons. The first-order valence-corrected chi connectivity index (χ1v) is 7.29. The van der Waals surface area contributed by atoms with E-state index in [9.17, 15) is 4.79 Å². The van der Waals surface area contributed by atoms with Crippen molar-refractivity contribution in [3.63, 3.8) is 0 Å². The van der Waals surface area contributed by atoms with E-state index in [4.69, 9.17) is 0 Å². The van der Waals surface area contributed by atoms with E-state index >= 15 is 0 Å². The average molecular weight is 268 g/mol. The second kappa shape index (κ2) is 8.31. The maximum atomic E-state index is 12.1. The summed E-state index contributed by atoms with van der Waals surface area (Å²) in [7, 11) is 0. The molecule has 0 atom stereocenters. The summed E-state index contributed by atoms with van der Waals surface area (Å²) in [5.41, 5.74) is 2.75. The Morgan fingerprint density at radius 2 is 1.30 bits per heavy atom. The molecule has 0 aromatic heterocycles. The van der Waals surface area contributed by atoms with Gasteiger partial charge in [-0.05, 0) is 11.5 Å². The molecule has 0 saturated carbocycles. The number of hydrogen-bond donors (Lipinski definition) is 0. The highest BCUT2D eigenvalue weighted by Gasteiger charge is 2.08. The van der Waals surface area contributed by atoms with E-state index < -0.39 is 0 Å². The lowest BCUT2D eigenvalue weighted by Crippen LogP contribution is -2.01. The summed E-state index contributed by atoms with van der Waals surface area (Å²) in [6.45, 7) is 8.54. The van der Waals surface area contributed by atoms with Gasteiger partial charge in [0.25, 0.3) is 0 Å². The zero-order chi connectivity index (χ0) is 15.0. The highest BCUT2D eigenvalue weighted by Crippen LogP contribution is 2.16. The fourth-order valence-corrected chi connectivity index (χ4v) is 1.78. The number of benzene rings is 2. The van der Waals surface area contributed by atoms with Crippen LogP contribution in [0.1, 0.15) is 61.5 Å². The minimum atomic E-state index is 0.0842. The Morgan fingerprint density at radius 1 is 0.850 bits per heavy atom. The summed E-state index contributed by atoms with van der Waals surface area (Å²) in [6, 6.07) is 17.2. The van der Waals surface area contributed by atoms with E-state index in [2.05, 4.69) is 27.7 Å². The van der Waals surface area contributed by atoms with Gasteiger partial charge in [-0.3, -0.25) is 4.79 Å². The smallest absolute Gasteiger partial charge is 0.193 e. The topological polar surface area (TPSA) is 17.1 Å². The van der Waals surface area contributed by atoms with Crippen molar-refractivity contribution in [1.29, 1.82) is 0 Å². The predicted octanol–water partition coefficient (Wildman–Crippen LogP) is 5.46. The van der Waals surface area contributed by atoms with Crippen molar-refractivity contribution in [3.05, 3.63) is 71.3 Å². The molecule has 1 heteroatoms. The molecule has 0 bridgehead atoms. The lowest BCUT2D eigenvalue weighted by Gasteiger charge is -2.06. The van der Waals surface area contributed by atoms with Gasteiger partial charge in [-0.15, -0.1) is 0 Å². The van der Waals surface area contributed by atoms with Gasteiger partial charge in [0.15, 0.2) is 5.78 Å². The molecule has 0 spiro atoms. The van der Waals surface area contributed by atoms with E-state index in [0.717, 1.165) is 11.1 Å². The van der Waals surface area contributed by atoms with Crippen molar-refractivity contribution in [2.45, 2.75) is 40.0 Å². The van der Waals surface area contributed by atoms with Crippen LogP contribution in [0.3, 0.4) is 0 Å². The Morgan fingerprint density at radius 3 is 1.75 bits per heavy atom. The minimum Gasteiger partial charge on any atom is -0.289 e. The first kappa shape index (κ1) is 16.2. The summed E-state index contributed by atoms with van der Waals surface area (Å²) in [5.74, 6) is 0.580. The Hall–Kier alpha value is -1.89. The third-order valence-corrected chi connectivity index (χ3v) is 2.88. The van der Waals surface area contributed by atoms with Crippen LogP contribution in [0.4, 0.5) is 0 Å². The van der Waals surface area contributed by atoms with Gasteiger partial charge < -0.3 is 0 Å². The van der Waals surface area contributed by atoms with Crippen molar-refractivity contribution in [3.8, 4) is 0 Å². The molecule has 2 rings (SSSR count). The van der Waals surface area contributed by atoms with Crippen LogP contribution in [0.5, 0.6) is 0 Å². The molecule has 0 aliphatic heterocycles. The van der Waals surface area contributed by atoms with E-state index in [1.165, 1.54) is 12.0 Å². The number of hydrogen-bond acceptors (Lipinski definition) is 1. The summed E-state index contributed by atoms with van der Waals surface area (Å²) in [4.78, 5) is 12.1. The van der Waals surface area contributed by atoms with E-state index in [-0.39, 0.29) is 5.78 Å². The second-order valence-electron chi connectivity index (χ2n) is 5.18. The first-order chi connectivity index (χ1) is 9.60. The zero-order valence-corrected chi connectivity index (χ0v) is 12.9. The van der Waals surface area contributed by atoms with Gasteiger partial charge in [0, 0.05) is 11.1 Å². The first-order valence-electron chi connectivity index (χ1n) is 7.29. The third-order valence-electron chi connectivity index (χ3n) is 2.88. The van der Waals surface area contributed by atoms with Crippen LogP contribution in [0.25, 0.3) is 0 Å². The Bertz CT molecular complexity index is 509. The fraction of sp³-hybridized carbons (Fsp3) is 0.316. The van der Waals surface area contributed by atoms with Gasteiger partial charge in [0.05, 0.1) is 0 Å². The summed E-state index contributed by atoms with van der Waals surface area (Å²) in [6.07, 6.45) is 1.25. The molecule has 0 saturated heterocycles. The van der Waals surface area contributed by atoms with Crippen LogP contribution < -0.4 is 0 Å². The normalized spacial score (nSPS) is 9.85. The predicted molar refractivity (Wildman–Crippen MR) is 86.4 cm³/mol. The largest absolute Gasteiger partial charge is 0.289 e. The Balaban J connectivity index is 0.000000612. The van der Waals surface area contributed by atoms with Crippen molar-refractivity contribution in [2.24, 2.45) is 0 Å². The van der Waals surface area contributed by atoms with E-state index in [0.29, 0.717) is 5.92 Å². The Kier molecular flexibility index (Phi) is 6.72. The number of rotatable bonds is 3. The van der Waals surface area contributed by atoms with Gasteiger partial charge in [0.1, 0.15) is 0 Å². The molecule has 2 aromatic rings. The van der Waals surface area contributed by atoms with Crippen LogP contribution in [0.15, 0.2) is 54.6 Å². The van der Waals surface area contributed by atoms with Crippen molar-refractivity contribution < 1.29 is 4.79 Å². The zero-order valence-electron chi connectivity index (χ0n) is 12.9. The van der Waals surface area contributed by atoms with Gasteiger partial charge in [0.2, 0.25) is 0 Å². The molecule has 0 fully saturated rings. The average Bonchev–Trinajstić information content (AvgIpc) is 2.48. The third kappa shape index (κ3) is 4.65. The highest BCUT2D eigenvalue weighted by atomic mass is 16.1. The van der Waals surface area contributed by atoms with Crippen molar-refractivity contribution in [1.82, 2.24) is 0 Å². The molecule has 0 N–H and O–H groups in total. The standard InChI is InChI=1S/C16H16O.C3H8/c1-12(2)13-8-10-15(11-9-13)16(17)14-6-4-3-5-7-14;1-3-2/h3-12H,1-2H3;3H2,1-2H3. The molecular weight excluding hydrogens is 244 g/mol. The SMILES string of the molecule is CC(C)c1ccc(C(=O)c2ccccc2)cc1.CCC. The fourth-order valence-electron chi connectivity index (χ4n) is 1.78. The quantitative estimate of drug-likeness (QED) is 0.676. The summed E-state index contributed by atoms with van der Waals surface area (Å²) < 4.78 is 0. The summed E-state index contributed by atoms with van der Waals surface area (Å²) >= 11 is 0. The monoisotopic (exact) mass is 268 g/mol. The molecule has 20 heavy (non-hydrogen) atoms. The van der Waals surface area contributed by atoms with Crippen LogP contribution >= 0.6 is 0 Å². The lowest BCUT2D eigenvalue weighted by molar-refractivity contribution is 0.103. The molecule has 106 valence electrons. The molecule has 0 amide bonds. The molecule has 1 nitrogen and oxygen atoms in total. The van der Waals surface area contributed by atoms with Gasteiger partial charge in [-0.25, -0.2) is 0 Å². The molecular formula is C19H24O. The highest BCUT2D eigenvalue weighted by molar-refractivity contribution is 6.08. The number of carbonyl (C=O) groups excluding carboxylic acids is 1. The molecule has 0 aliphatic carbocycles. The van der Waals surface area contributed by atoms with E-state index in [1.54, 1.807) is 0 Å². The van der Waals surface area contributed by atoms with Crippen LogP contribution in [-0.2, 0) is 0 Å². The van der Waals surface area contributed by atoms with Crippen LogP contribution in [0, 0.1) is 0 Å². The maximum Gasteiger partial charge on any atom is 0.193 e. The number of carbonyl (C=O) groups is 1. The van der Waals surface area contributed by atoms with E-state index in [1.807, 2.05) is 54.6 Å². The van der Waals surface area contributed by atoms with Crippen molar-refractivity contribution >= 4 is 5.78 Å². The maximum absolute atomic E-state index is 12.1. The van der Waals surface area contributed by atoms with Gasteiger partial charge in [-0.1, -0.05) is 88.7 Å². The second-order valence-corrected chi connectivity index (χ2v) is 5.18. The number of ketones is 1. The molecule has 2 aromatic carbocycles. The summed E-state index contributed by atoms with van der Waals surface area (Å²) in [5, 5.41) is 0. The lowest BCUT2D eigenvalue weighted by atomic mass is 9.98. The minimum absolute atomic E-state index is 0.0842. The van der Waals surface area contributed by atoms with Crippen LogP contribution in [-0.4, -0.2) is 5.78 Å².